The molecular formula is C57H60F2N12O4. The van der Waals surface area contributed by atoms with Crippen LogP contribution in [-0.4, -0.2) is 79.2 Å². The Kier molecular flexibility index (Phi) is 15.7. The van der Waals surface area contributed by atoms with Gasteiger partial charge in [0.15, 0.2) is 23.2 Å². The van der Waals surface area contributed by atoms with E-state index >= 15 is 8.78 Å². The molecule has 0 radical (unpaired) electrons. The monoisotopic (exact) mass is 1010 g/mol. The molecule has 8 heterocycles. The van der Waals surface area contributed by atoms with Crippen LogP contribution in [0.25, 0.3) is 67.9 Å². The molecule has 0 spiro atoms. The third-order valence-corrected chi connectivity index (χ3v) is 13.3. The highest BCUT2D eigenvalue weighted by Crippen LogP contribution is 2.34. The first kappa shape index (κ1) is 51.9. The van der Waals surface area contributed by atoms with Crippen LogP contribution in [0.1, 0.15) is 77.3 Å². The molecule has 2 N–H and O–H groups in total. The molecule has 0 aliphatic carbocycles. The molecule has 2 aromatic carbocycles. The van der Waals surface area contributed by atoms with Crippen LogP contribution in [-0.2, 0) is 33.4 Å². The van der Waals surface area contributed by atoms with Gasteiger partial charge in [0.05, 0.1) is 82.7 Å². The second-order valence-corrected chi connectivity index (χ2v) is 19.7. The van der Waals surface area contributed by atoms with Crippen molar-refractivity contribution in [3.63, 3.8) is 0 Å². The van der Waals surface area contributed by atoms with Gasteiger partial charge in [0.25, 0.3) is 0 Å². The van der Waals surface area contributed by atoms with E-state index in [0.717, 1.165) is 70.0 Å². The molecule has 2 aliphatic rings. The van der Waals surface area contributed by atoms with Gasteiger partial charge in [0, 0.05) is 94.4 Å². The van der Waals surface area contributed by atoms with E-state index in [1.807, 2.05) is 37.3 Å². The van der Waals surface area contributed by atoms with Gasteiger partial charge in [-0.25, -0.2) is 18.7 Å². The van der Waals surface area contributed by atoms with E-state index in [1.165, 1.54) is 48.0 Å². The number of hydrogen-bond donors (Lipinski definition) is 2. The lowest BCUT2D eigenvalue weighted by Crippen LogP contribution is -2.36. The van der Waals surface area contributed by atoms with Gasteiger partial charge in [0.2, 0.25) is 0 Å². The summed E-state index contributed by atoms with van der Waals surface area (Å²) in [7, 11) is 0. The molecule has 0 amide bonds. The normalized spacial score (nSPS) is 14.1. The van der Waals surface area contributed by atoms with Crippen LogP contribution in [0.2, 0.25) is 0 Å². The molecule has 386 valence electrons. The van der Waals surface area contributed by atoms with Crippen molar-refractivity contribution in [2.75, 3.05) is 33.0 Å². The third kappa shape index (κ3) is 11.9. The van der Waals surface area contributed by atoms with E-state index < -0.39 is 22.5 Å². The summed E-state index contributed by atoms with van der Waals surface area (Å²) < 4.78 is 52.6. The van der Waals surface area contributed by atoms with Crippen LogP contribution < -0.4 is 10.6 Å². The molecule has 0 unspecified atom stereocenters. The van der Waals surface area contributed by atoms with Gasteiger partial charge in [-0.1, -0.05) is 58.8 Å². The quantitative estimate of drug-likeness (QED) is 0.0975. The summed E-state index contributed by atoms with van der Waals surface area (Å²) in [6, 6.07) is 27.7. The van der Waals surface area contributed by atoms with Crippen molar-refractivity contribution in [2.45, 2.75) is 84.3 Å². The lowest BCUT2D eigenvalue weighted by molar-refractivity contribution is -0.0307. The molecular weight excluding hydrogens is 955 g/mol. The fourth-order valence-corrected chi connectivity index (χ4v) is 8.50. The lowest BCUT2D eigenvalue weighted by Gasteiger charge is -2.26. The Labute approximate surface area is 436 Å². The maximum Gasteiger partial charge on any atom is 0.187 e. The molecule has 0 atom stereocenters. The number of nitriles is 2. The van der Waals surface area contributed by atoms with Gasteiger partial charge >= 0.3 is 0 Å². The number of ether oxygens (including phenoxy) is 2. The van der Waals surface area contributed by atoms with Crippen molar-refractivity contribution < 1.29 is 30.2 Å². The fourth-order valence-electron chi connectivity index (χ4n) is 8.50. The Morgan fingerprint density at radius 1 is 0.627 bits per heavy atom. The number of rotatable bonds is 15. The molecule has 75 heavy (non-hydrogen) atoms. The topological polar surface area (TPSA) is 219 Å². The molecule has 6 aromatic heterocycles. The second-order valence-electron chi connectivity index (χ2n) is 19.7. The van der Waals surface area contributed by atoms with Crippen LogP contribution in [0, 0.1) is 54.1 Å². The first-order valence-corrected chi connectivity index (χ1v) is 24.7. The number of nitrogens with zero attached hydrogens (tertiary/aromatic N) is 10. The Morgan fingerprint density at radius 2 is 1.09 bits per heavy atom. The molecule has 8 aromatic rings. The zero-order valence-electron chi connectivity index (χ0n) is 42.6. The van der Waals surface area contributed by atoms with Gasteiger partial charge in [-0.05, 0) is 77.6 Å². The Morgan fingerprint density at radius 3 is 1.53 bits per heavy atom. The number of aromatic nitrogens is 8. The summed E-state index contributed by atoms with van der Waals surface area (Å²) in [4.78, 5) is 26.3. The minimum Gasteiger partial charge on any atom is -0.381 e. The number of aryl methyl sites for hydroxylation is 2. The van der Waals surface area contributed by atoms with Crippen LogP contribution in [0.3, 0.4) is 0 Å². The maximum absolute atomic E-state index is 15.4. The van der Waals surface area contributed by atoms with Gasteiger partial charge in [-0.3, -0.25) is 19.9 Å². The van der Waals surface area contributed by atoms with Gasteiger partial charge in [0.1, 0.15) is 22.8 Å². The zero-order valence-corrected chi connectivity index (χ0v) is 42.6. The molecule has 16 nitrogen and oxygen atoms in total. The minimum absolute atomic E-state index is 0. The van der Waals surface area contributed by atoms with Crippen molar-refractivity contribution >= 4 is 0 Å². The van der Waals surface area contributed by atoms with Crippen molar-refractivity contribution in [3.8, 4) is 80.1 Å². The van der Waals surface area contributed by atoms with Gasteiger partial charge in [-0.15, -0.1) is 0 Å². The number of nitrogens with one attached hydrogen (secondary N) is 2. The number of halogens is 2. The predicted octanol–water partition coefficient (Wildman–Crippen LogP) is 10.7. The smallest absolute Gasteiger partial charge is 0.187 e. The average molecular weight is 1020 g/mol. The van der Waals surface area contributed by atoms with Gasteiger partial charge < -0.3 is 29.2 Å². The van der Waals surface area contributed by atoms with E-state index in [2.05, 4.69) is 87.3 Å². The number of pyridine rings is 2. The Bertz CT molecular complexity index is 3380. The SMILES string of the molecule is Cc1ncc(-c2ccnc(C(C)(C)C#N)c2F)nc1-c1cc(-c2ccc(CNC3CCOCC3)cc2)no1.Cc1ncc(-c2ccnc(C(C)(C)C#N)c2F)nc1-c1cc(-c2ccc(CNCC3COC3)cc2)no1.[HH].[HH]. The second kappa shape index (κ2) is 22.6. The van der Waals surface area contributed by atoms with Crippen molar-refractivity contribution in [3.05, 3.63) is 143 Å². The van der Waals surface area contributed by atoms with E-state index in [4.69, 9.17) is 18.5 Å². The maximum atomic E-state index is 15.4. The number of benzene rings is 2. The molecule has 2 aliphatic heterocycles. The summed E-state index contributed by atoms with van der Waals surface area (Å²) in [5, 5.41) is 34.4. The lowest BCUT2D eigenvalue weighted by atomic mass is 9.89. The van der Waals surface area contributed by atoms with Crippen molar-refractivity contribution in [2.24, 2.45) is 5.92 Å². The molecule has 2 fully saturated rings. The summed E-state index contributed by atoms with van der Waals surface area (Å²) in [6.07, 6.45) is 8.03. The molecule has 10 rings (SSSR count). The average Bonchev–Trinajstić information content (AvgIpc) is 4.13. The first-order valence-electron chi connectivity index (χ1n) is 24.7. The van der Waals surface area contributed by atoms with Crippen molar-refractivity contribution in [1.29, 1.82) is 10.5 Å². The predicted molar refractivity (Wildman–Crippen MR) is 280 cm³/mol. The molecule has 0 saturated carbocycles. The summed E-state index contributed by atoms with van der Waals surface area (Å²) in [5.41, 5.74) is 6.75. The highest BCUT2D eigenvalue weighted by atomic mass is 19.1. The summed E-state index contributed by atoms with van der Waals surface area (Å²) >= 11 is 0. The Hall–Kier alpha value is -8.00. The fraction of sp³-hybridized carbons (Fsp3) is 0.333. The van der Waals surface area contributed by atoms with Crippen LogP contribution in [0.5, 0.6) is 0 Å². The van der Waals surface area contributed by atoms with Gasteiger partial charge in [-0.2, -0.15) is 10.5 Å². The first-order chi connectivity index (χ1) is 36.2. The van der Waals surface area contributed by atoms with E-state index in [0.29, 0.717) is 69.0 Å². The van der Waals surface area contributed by atoms with E-state index in [1.54, 1.807) is 40.7 Å². The largest absolute Gasteiger partial charge is 0.381 e. The van der Waals surface area contributed by atoms with Crippen LogP contribution >= 0.6 is 0 Å². The highest BCUT2D eigenvalue weighted by Gasteiger charge is 2.30. The highest BCUT2D eigenvalue weighted by molar-refractivity contribution is 5.70. The molecule has 0 bridgehead atoms. The van der Waals surface area contributed by atoms with Crippen LogP contribution in [0.15, 0.2) is 107 Å². The minimum atomic E-state index is -1.09. The number of hydrogen-bond acceptors (Lipinski definition) is 16. The van der Waals surface area contributed by atoms with E-state index in [9.17, 15) is 10.5 Å². The molecule has 18 heteroatoms. The van der Waals surface area contributed by atoms with Crippen molar-refractivity contribution in [1.82, 2.24) is 50.9 Å². The molecule has 2 saturated heterocycles. The summed E-state index contributed by atoms with van der Waals surface area (Å²) in [6.45, 7) is 16.0. The third-order valence-electron chi connectivity index (χ3n) is 13.3. The Balaban J connectivity index is 0.000000218. The van der Waals surface area contributed by atoms with E-state index in [-0.39, 0.29) is 25.4 Å². The van der Waals surface area contributed by atoms with Crippen LogP contribution in [0.4, 0.5) is 8.78 Å². The standard InChI is InChI=1S/C29H29FN6O2.C28H27FN6O2.2H2/c1-18-27(35-24(16-33-18)22-8-11-32-28(26(22)30)29(2,3)17-31)25-14-23(36-38-25)20-6-4-19(5-7-20)15-34-21-9-12-37-13-10-21;1-17-26(34-23(13-33-17)21-8-9-32-27(25(21)29)28(2,3)16-30)24-10-22(35-37-24)20-6-4-18(5-7-20)11-31-12-19-14-36-15-19;;/h4-8,11,14,16,21,34H,9-10,12-13,15H2,1-3H3;4-10,13,19,31H,11-12,14-15H2,1-3H3;2*1H. The zero-order chi connectivity index (χ0) is 52.7. The summed E-state index contributed by atoms with van der Waals surface area (Å²) in [5.74, 6) is 0.297.